The first kappa shape index (κ1) is 18.9. The van der Waals surface area contributed by atoms with Gasteiger partial charge in [0.1, 0.15) is 11.6 Å². The van der Waals surface area contributed by atoms with E-state index in [0.717, 1.165) is 23.4 Å². The molecule has 1 fully saturated rings. The van der Waals surface area contributed by atoms with Crippen molar-refractivity contribution in [1.29, 1.82) is 0 Å². The van der Waals surface area contributed by atoms with Gasteiger partial charge in [0.2, 0.25) is 0 Å². The molecule has 3 heterocycles. The van der Waals surface area contributed by atoms with Crippen molar-refractivity contribution in [2.75, 3.05) is 18.0 Å². The molecule has 0 atom stereocenters. The van der Waals surface area contributed by atoms with Crippen molar-refractivity contribution in [2.45, 2.75) is 39.0 Å². The lowest BCUT2D eigenvalue weighted by molar-refractivity contribution is 0.537. The van der Waals surface area contributed by atoms with Crippen LogP contribution < -0.4 is 10.5 Å². The van der Waals surface area contributed by atoms with Gasteiger partial charge in [0.15, 0.2) is 5.88 Å². The van der Waals surface area contributed by atoms with E-state index in [2.05, 4.69) is 30.9 Å². The molecule has 0 radical (unpaired) electrons. The SMILES string of the molecule is CCc1nc2ccc(Br)cc2c(=O)n1N=Cc1ccc(N2CCCCCC2)o1. The van der Waals surface area contributed by atoms with Crippen molar-refractivity contribution in [3.63, 3.8) is 0 Å². The van der Waals surface area contributed by atoms with Crippen molar-refractivity contribution in [2.24, 2.45) is 5.10 Å². The van der Waals surface area contributed by atoms with E-state index in [9.17, 15) is 4.79 Å². The second-order valence-corrected chi connectivity index (χ2v) is 7.90. The first-order valence-electron chi connectivity index (χ1n) is 9.76. The zero-order chi connectivity index (χ0) is 19.5. The van der Waals surface area contributed by atoms with Crippen LogP contribution in [0.5, 0.6) is 0 Å². The standard InChI is InChI=1S/C21H23BrN4O2/c1-2-19-24-18-9-7-15(22)13-17(18)21(27)26(19)23-14-16-8-10-20(28-16)25-11-5-3-4-6-12-25/h7-10,13-14H,2-6,11-12H2,1H3. The van der Waals surface area contributed by atoms with Gasteiger partial charge in [-0.15, -0.1) is 0 Å². The molecule has 146 valence electrons. The zero-order valence-corrected chi connectivity index (χ0v) is 17.5. The summed E-state index contributed by atoms with van der Waals surface area (Å²) in [6, 6.07) is 9.38. The number of rotatable bonds is 4. The predicted molar refractivity (Wildman–Crippen MR) is 115 cm³/mol. The monoisotopic (exact) mass is 442 g/mol. The Morgan fingerprint density at radius 3 is 2.71 bits per heavy atom. The van der Waals surface area contributed by atoms with E-state index in [0.29, 0.717) is 28.9 Å². The van der Waals surface area contributed by atoms with Crippen LogP contribution in [-0.4, -0.2) is 29.0 Å². The summed E-state index contributed by atoms with van der Waals surface area (Å²) in [5.74, 6) is 2.12. The highest BCUT2D eigenvalue weighted by Crippen LogP contribution is 2.22. The Bertz CT molecular complexity index is 1060. The van der Waals surface area contributed by atoms with E-state index in [1.807, 2.05) is 31.2 Å². The van der Waals surface area contributed by atoms with Crippen LogP contribution in [0.15, 0.2) is 49.1 Å². The normalized spacial score (nSPS) is 15.4. The van der Waals surface area contributed by atoms with Crippen molar-refractivity contribution >= 4 is 38.9 Å². The molecule has 1 aliphatic heterocycles. The van der Waals surface area contributed by atoms with E-state index in [1.165, 1.54) is 30.4 Å². The van der Waals surface area contributed by atoms with Crippen LogP contribution in [0.2, 0.25) is 0 Å². The minimum absolute atomic E-state index is 0.182. The number of anilines is 1. The molecule has 7 heteroatoms. The number of aromatic nitrogens is 2. The molecule has 28 heavy (non-hydrogen) atoms. The quantitative estimate of drug-likeness (QED) is 0.554. The van der Waals surface area contributed by atoms with Gasteiger partial charge in [-0.05, 0) is 37.1 Å². The lowest BCUT2D eigenvalue weighted by Gasteiger charge is -2.18. The topological polar surface area (TPSA) is 63.6 Å². The van der Waals surface area contributed by atoms with Crippen molar-refractivity contribution in [1.82, 2.24) is 9.66 Å². The summed E-state index contributed by atoms with van der Waals surface area (Å²) in [5, 5.41) is 4.93. The molecule has 0 aliphatic carbocycles. The molecule has 0 amide bonds. The number of aryl methyl sites for hydroxylation is 1. The van der Waals surface area contributed by atoms with Crippen LogP contribution in [0.4, 0.5) is 5.88 Å². The molecule has 0 bridgehead atoms. The Hall–Kier alpha value is -2.41. The van der Waals surface area contributed by atoms with Gasteiger partial charge >= 0.3 is 0 Å². The van der Waals surface area contributed by atoms with Gasteiger partial charge in [-0.1, -0.05) is 35.7 Å². The molecule has 2 aromatic heterocycles. The van der Waals surface area contributed by atoms with E-state index in [-0.39, 0.29) is 5.56 Å². The number of fused-ring (bicyclic) bond motifs is 1. The smallest absolute Gasteiger partial charge is 0.282 e. The largest absolute Gasteiger partial charge is 0.440 e. The van der Waals surface area contributed by atoms with Gasteiger partial charge in [-0.25, -0.2) is 4.98 Å². The first-order valence-corrected chi connectivity index (χ1v) is 10.6. The molecule has 0 unspecified atom stereocenters. The zero-order valence-electron chi connectivity index (χ0n) is 15.9. The maximum absolute atomic E-state index is 12.9. The molecular weight excluding hydrogens is 420 g/mol. The Morgan fingerprint density at radius 1 is 1.18 bits per heavy atom. The van der Waals surface area contributed by atoms with Crippen LogP contribution in [0.25, 0.3) is 10.9 Å². The van der Waals surface area contributed by atoms with E-state index in [1.54, 1.807) is 12.3 Å². The summed E-state index contributed by atoms with van der Waals surface area (Å²) < 4.78 is 8.16. The van der Waals surface area contributed by atoms with Crippen LogP contribution >= 0.6 is 15.9 Å². The van der Waals surface area contributed by atoms with Gasteiger partial charge in [0, 0.05) is 30.0 Å². The van der Waals surface area contributed by atoms with Gasteiger partial charge < -0.3 is 9.32 Å². The summed E-state index contributed by atoms with van der Waals surface area (Å²) in [6.07, 6.45) is 7.14. The Morgan fingerprint density at radius 2 is 1.96 bits per heavy atom. The third-order valence-corrected chi connectivity index (χ3v) is 5.52. The first-order chi connectivity index (χ1) is 13.7. The minimum atomic E-state index is -0.182. The molecule has 6 nitrogen and oxygen atoms in total. The second kappa shape index (κ2) is 8.31. The molecular formula is C21H23BrN4O2. The van der Waals surface area contributed by atoms with Gasteiger partial charge in [0.05, 0.1) is 17.1 Å². The third-order valence-electron chi connectivity index (χ3n) is 5.02. The van der Waals surface area contributed by atoms with Crippen LogP contribution in [0.1, 0.15) is 44.2 Å². The van der Waals surface area contributed by atoms with Crippen molar-refractivity contribution < 1.29 is 4.42 Å². The second-order valence-electron chi connectivity index (χ2n) is 6.98. The fourth-order valence-electron chi connectivity index (χ4n) is 3.53. The Labute approximate surface area is 172 Å². The molecule has 1 aliphatic rings. The molecule has 3 aromatic rings. The van der Waals surface area contributed by atoms with Crippen LogP contribution in [0.3, 0.4) is 0 Å². The van der Waals surface area contributed by atoms with Crippen molar-refractivity contribution in [3.05, 3.63) is 56.7 Å². The highest BCUT2D eigenvalue weighted by Gasteiger charge is 2.13. The number of halogens is 1. The van der Waals surface area contributed by atoms with E-state index >= 15 is 0 Å². The number of benzene rings is 1. The van der Waals surface area contributed by atoms with E-state index < -0.39 is 0 Å². The molecule has 4 rings (SSSR count). The number of hydrogen-bond acceptors (Lipinski definition) is 5. The summed E-state index contributed by atoms with van der Waals surface area (Å²) in [4.78, 5) is 19.8. The summed E-state index contributed by atoms with van der Waals surface area (Å²) in [6.45, 7) is 4.00. The average molecular weight is 443 g/mol. The third kappa shape index (κ3) is 3.90. The lowest BCUT2D eigenvalue weighted by Crippen LogP contribution is -2.23. The lowest BCUT2D eigenvalue weighted by atomic mass is 10.2. The minimum Gasteiger partial charge on any atom is -0.440 e. The maximum Gasteiger partial charge on any atom is 0.282 e. The fourth-order valence-corrected chi connectivity index (χ4v) is 3.89. The number of furan rings is 1. The van der Waals surface area contributed by atoms with Gasteiger partial charge in [-0.2, -0.15) is 9.78 Å². The molecule has 0 spiro atoms. The van der Waals surface area contributed by atoms with Gasteiger partial charge in [0.25, 0.3) is 5.56 Å². The molecule has 1 aromatic carbocycles. The van der Waals surface area contributed by atoms with Crippen molar-refractivity contribution in [3.8, 4) is 0 Å². The Kier molecular flexibility index (Phi) is 5.62. The van der Waals surface area contributed by atoms with E-state index in [4.69, 9.17) is 4.42 Å². The highest BCUT2D eigenvalue weighted by molar-refractivity contribution is 9.10. The number of nitrogens with zero attached hydrogens (tertiary/aromatic N) is 4. The maximum atomic E-state index is 12.9. The Balaban J connectivity index is 1.65. The van der Waals surface area contributed by atoms with Crippen LogP contribution in [-0.2, 0) is 6.42 Å². The predicted octanol–water partition coefficient (Wildman–Crippen LogP) is 4.58. The fraction of sp³-hybridized carbons (Fsp3) is 0.381. The average Bonchev–Trinajstić information content (AvgIpc) is 3.00. The summed E-state index contributed by atoms with van der Waals surface area (Å²) >= 11 is 3.41. The molecule has 0 N–H and O–H groups in total. The summed E-state index contributed by atoms with van der Waals surface area (Å²) in [7, 11) is 0. The summed E-state index contributed by atoms with van der Waals surface area (Å²) in [5.41, 5.74) is 0.497. The molecule has 1 saturated heterocycles. The van der Waals surface area contributed by atoms with Crippen LogP contribution in [0, 0.1) is 0 Å². The highest BCUT2D eigenvalue weighted by atomic mass is 79.9. The number of hydrogen-bond donors (Lipinski definition) is 0. The molecule has 0 saturated carbocycles. The van der Waals surface area contributed by atoms with Gasteiger partial charge in [-0.3, -0.25) is 4.79 Å².